The number of hydrogen-bond donors (Lipinski definition) is 3. The molecule has 0 aromatic carbocycles. The Hall–Kier alpha value is -1.43. The van der Waals surface area contributed by atoms with Gasteiger partial charge in [0, 0.05) is 18.7 Å². The Morgan fingerprint density at radius 1 is 1.67 bits per heavy atom. The first-order chi connectivity index (χ1) is 5.52. The first kappa shape index (κ1) is 10.6. The molecule has 0 aliphatic heterocycles. The molecule has 0 rings (SSSR count). The molecular weight excluding hydrogens is 160 g/mol. The van der Waals surface area contributed by atoms with E-state index in [9.17, 15) is 9.59 Å². The molecule has 2 amide bonds. The van der Waals surface area contributed by atoms with E-state index in [1.54, 1.807) is 0 Å². The van der Waals surface area contributed by atoms with Gasteiger partial charge in [-0.05, 0) is 6.92 Å². The van der Waals surface area contributed by atoms with Crippen molar-refractivity contribution in [3.8, 4) is 0 Å². The van der Waals surface area contributed by atoms with Crippen LogP contribution in [0.4, 0.5) is 4.79 Å². The number of Topliss-reactive ketones (excluding diaryl/α,β-unsaturated/α-hetero) is 1. The summed E-state index contributed by atoms with van der Waals surface area (Å²) in [5.74, 6) is -0.0342. The lowest BCUT2D eigenvalue weighted by Gasteiger charge is -2.00. The molecule has 0 saturated heterocycles. The maximum absolute atomic E-state index is 10.5. The first-order valence-electron chi connectivity index (χ1n) is 3.36. The number of primary amides is 1. The molecule has 0 saturated carbocycles. The number of nitrogens with two attached hydrogens (primary N) is 2. The Labute approximate surface area is 70.0 Å². The number of amides is 2. The monoisotopic (exact) mass is 172 g/mol. The van der Waals surface area contributed by atoms with Gasteiger partial charge in [-0.15, -0.1) is 0 Å². The van der Waals surface area contributed by atoms with Crippen LogP contribution in [-0.2, 0) is 4.79 Å². The molecule has 0 unspecified atom stereocenters. The average molecular weight is 172 g/mol. The summed E-state index contributed by atoms with van der Waals surface area (Å²) in [6, 6.07) is -1.24. The normalized spacial score (nSPS) is 12.8. The number of ketones is 1. The lowest BCUT2D eigenvalue weighted by Crippen LogP contribution is -2.29. The van der Waals surface area contributed by atoms with Crippen LogP contribution >= 0.6 is 0 Å². The van der Waals surface area contributed by atoms with Crippen LogP contribution in [0, 0.1) is 0 Å². The molecule has 0 bridgehead atoms. The van der Waals surface area contributed by atoms with Crippen molar-refractivity contribution in [1.29, 1.82) is 0 Å². The Kier molecular flexibility index (Phi) is 4.62. The van der Waals surface area contributed by atoms with Crippen LogP contribution in [0.25, 0.3) is 0 Å². The number of carbonyl (C=O) groups excluding carboxylic acids is 2. The minimum absolute atomic E-state index is 0.0342. The van der Waals surface area contributed by atoms with E-state index in [4.69, 9.17) is 11.5 Å². The van der Waals surface area contributed by atoms with Crippen molar-refractivity contribution in [3.05, 3.63) is 0 Å². The molecule has 6 nitrogen and oxygen atoms in total. The van der Waals surface area contributed by atoms with Crippen molar-refractivity contribution in [2.24, 2.45) is 16.6 Å². The summed E-state index contributed by atoms with van der Waals surface area (Å²) in [5, 5.41) is 3.40. The van der Waals surface area contributed by atoms with Crippen molar-refractivity contribution in [1.82, 2.24) is 5.43 Å². The quantitative estimate of drug-likeness (QED) is 0.371. The van der Waals surface area contributed by atoms with E-state index in [1.165, 1.54) is 13.1 Å². The zero-order chi connectivity index (χ0) is 9.56. The minimum Gasteiger partial charge on any atom is -0.350 e. The molecule has 12 heavy (non-hydrogen) atoms. The smallest absolute Gasteiger partial charge is 0.332 e. The SMILES string of the molecule is CC(=O)C[C@H](N)/C=N/NC(N)=O. The first-order valence-corrected chi connectivity index (χ1v) is 3.36. The standard InChI is InChI=1S/C6H12N4O2/c1-4(11)2-5(7)3-9-10-6(8)12/h3,5H,2,7H2,1H3,(H3,8,10,12)/b9-3+/t5-/m0/s1. The van der Waals surface area contributed by atoms with Crippen LogP contribution < -0.4 is 16.9 Å². The topological polar surface area (TPSA) is 111 Å². The fourth-order valence-corrected chi connectivity index (χ4v) is 0.581. The highest BCUT2D eigenvalue weighted by molar-refractivity contribution is 5.81. The summed E-state index contributed by atoms with van der Waals surface area (Å²) in [6.07, 6.45) is 1.45. The molecule has 0 fully saturated rings. The second-order valence-electron chi connectivity index (χ2n) is 2.32. The highest BCUT2D eigenvalue weighted by Gasteiger charge is 2.01. The molecule has 1 atom stereocenters. The van der Waals surface area contributed by atoms with Crippen molar-refractivity contribution in [2.75, 3.05) is 0 Å². The summed E-state index contributed by atoms with van der Waals surface area (Å²) in [7, 11) is 0. The van der Waals surface area contributed by atoms with Crippen molar-refractivity contribution in [3.63, 3.8) is 0 Å². The molecular formula is C6H12N4O2. The van der Waals surface area contributed by atoms with Crippen molar-refractivity contribution < 1.29 is 9.59 Å². The highest BCUT2D eigenvalue weighted by atomic mass is 16.2. The molecule has 0 radical (unpaired) electrons. The molecule has 6 heteroatoms. The number of hydrazone groups is 1. The van der Waals surface area contributed by atoms with Crippen LogP contribution in [-0.4, -0.2) is 24.1 Å². The van der Waals surface area contributed by atoms with Crippen LogP contribution in [0.5, 0.6) is 0 Å². The van der Waals surface area contributed by atoms with Gasteiger partial charge in [-0.2, -0.15) is 5.10 Å². The summed E-state index contributed by atoms with van der Waals surface area (Å²) < 4.78 is 0. The molecule has 68 valence electrons. The third kappa shape index (κ3) is 6.69. The van der Waals surface area contributed by atoms with Gasteiger partial charge in [0.15, 0.2) is 0 Å². The van der Waals surface area contributed by atoms with Gasteiger partial charge in [-0.25, -0.2) is 10.2 Å². The number of carbonyl (C=O) groups is 2. The predicted octanol–water partition coefficient (Wildman–Crippen LogP) is -1.05. The van der Waals surface area contributed by atoms with E-state index in [0.717, 1.165) is 0 Å². The number of hydrogen-bond acceptors (Lipinski definition) is 4. The Morgan fingerprint density at radius 3 is 2.67 bits per heavy atom. The van der Waals surface area contributed by atoms with E-state index in [0.29, 0.717) is 0 Å². The molecule has 0 aliphatic rings. The predicted molar refractivity (Wildman–Crippen MR) is 44.5 cm³/mol. The van der Waals surface area contributed by atoms with Gasteiger partial charge in [0.05, 0.1) is 0 Å². The van der Waals surface area contributed by atoms with Gasteiger partial charge in [0.1, 0.15) is 5.78 Å². The van der Waals surface area contributed by atoms with E-state index < -0.39 is 12.1 Å². The molecule has 0 spiro atoms. The maximum Gasteiger partial charge on any atom is 0.332 e. The maximum atomic E-state index is 10.5. The van der Waals surface area contributed by atoms with Gasteiger partial charge in [-0.3, -0.25) is 4.79 Å². The van der Waals surface area contributed by atoms with Crippen LogP contribution in [0.1, 0.15) is 13.3 Å². The zero-order valence-corrected chi connectivity index (χ0v) is 6.78. The third-order valence-electron chi connectivity index (χ3n) is 0.964. The van der Waals surface area contributed by atoms with E-state index in [2.05, 4.69) is 5.10 Å². The second kappa shape index (κ2) is 5.25. The number of rotatable bonds is 4. The number of nitrogens with zero attached hydrogens (tertiary/aromatic N) is 1. The Balaban J connectivity index is 3.67. The van der Waals surface area contributed by atoms with E-state index in [1.807, 2.05) is 5.43 Å². The molecule has 0 aromatic heterocycles. The van der Waals surface area contributed by atoms with Gasteiger partial charge in [0.2, 0.25) is 0 Å². The van der Waals surface area contributed by atoms with Gasteiger partial charge in [0.25, 0.3) is 0 Å². The van der Waals surface area contributed by atoms with Crippen LogP contribution in [0.3, 0.4) is 0 Å². The van der Waals surface area contributed by atoms with E-state index >= 15 is 0 Å². The molecule has 0 heterocycles. The van der Waals surface area contributed by atoms with Crippen molar-refractivity contribution >= 4 is 18.0 Å². The highest BCUT2D eigenvalue weighted by Crippen LogP contribution is 1.84. The third-order valence-corrected chi connectivity index (χ3v) is 0.964. The summed E-state index contributed by atoms with van der Waals surface area (Å²) in [4.78, 5) is 20.6. The number of urea groups is 1. The fourth-order valence-electron chi connectivity index (χ4n) is 0.581. The summed E-state index contributed by atoms with van der Waals surface area (Å²) >= 11 is 0. The Morgan fingerprint density at radius 2 is 2.25 bits per heavy atom. The summed E-state index contributed by atoms with van der Waals surface area (Å²) in [5.41, 5.74) is 12.1. The van der Waals surface area contributed by atoms with Crippen molar-refractivity contribution in [2.45, 2.75) is 19.4 Å². The van der Waals surface area contributed by atoms with Gasteiger partial charge in [-0.1, -0.05) is 0 Å². The van der Waals surface area contributed by atoms with Gasteiger partial charge < -0.3 is 11.5 Å². The lowest BCUT2D eigenvalue weighted by molar-refractivity contribution is -0.117. The van der Waals surface area contributed by atoms with Crippen LogP contribution in [0.15, 0.2) is 5.10 Å². The minimum atomic E-state index is -0.763. The number of nitrogens with one attached hydrogen (secondary N) is 1. The van der Waals surface area contributed by atoms with Gasteiger partial charge >= 0.3 is 6.03 Å². The lowest BCUT2D eigenvalue weighted by atomic mass is 10.2. The van der Waals surface area contributed by atoms with E-state index in [-0.39, 0.29) is 12.2 Å². The Bertz CT molecular complexity index is 202. The molecule has 5 N–H and O–H groups in total. The summed E-state index contributed by atoms with van der Waals surface area (Å²) in [6.45, 7) is 1.43. The molecule has 0 aliphatic carbocycles. The van der Waals surface area contributed by atoms with Crippen LogP contribution in [0.2, 0.25) is 0 Å². The fraction of sp³-hybridized carbons (Fsp3) is 0.500. The second-order valence-corrected chi connectivity index (χ2v) is 2.32. The average Bonchev–Trinajstić information content (AvgIpc) is 1.84. The zero-order valence-electron chi connectivity index (χ0n) is 6.78. The molecule has 0 aromatic rings. The largest absolute Gasteiger partial charge is 0.350 e.